The van der Waals surface area contributed by atoms with E-state index in [0.717, 1.165) is 18.4 Å². The highest BCUT2D eigenvalue weighted by molar-refractivity contribution is 5.86. The van der Waals surface area contributed by atoms with E-state index in [1.54, 1.807) is 38.6 Å². The molecule has 1 N–H and O–H groups in total. The molecule has 0 spiro atoms. The molecule has 0 unspecified atom stereocenters. The lowest BCUT2D eigenvalue weighted by molar-refractivity contribution is -0.122. The van der Waals surface area contributed by atoms with Crippen LogP contribution in [0.5, 0.6) is 11.5 Å². The molecule has 0 atom stereocenters. The van der Waals surface area contributed by atoms with Crippen molar-refractivity contribution in [3.63, 3.8) is 0 Å². The Labute approximate surface area is 106 Å². The lowest BCUT2D eigenvalue weighted by atomic mass is 10.2. The van der Waals surface area contributed by atoms with E-state index in [2.05, 4.69) is 10.5 Å². The summed E-state index contributed by atoms with van der Waals surface area (Å²) in [6, 6.07) is 5.40. The second-order valence-electron chi connectivity index (χ2n) is 4.12. The highest BCUT2D eigenvalue weighted by Crippen LogP contribution is 2.28. The van der Waals surface area contributed by atoms with Crippen LogP contribution in [0.25, 0.3) is 0 Å². The Morgan fingerprint density at radius 2 is 2.17 bits per heavy atom. The molecule has 1 amide bonds. The quantitative estimate of drug-likeness (QED) is 0.635. The molecule has 1 aromatic rings. The minimum atomic E-state index is -0.0203. The van der Waals surface area contributed by atoms with Crippen LogP contribution in [-0.2, 0) is 4.79 Å². The number of rotatable bonds is 5. The van der Waals surface area contributed by atoms with Crippen LogP contribution in [-0.4, -0.2) is 26.3 Å². The molecule has 1 aliphatic rings. The molecule has 0 bridgehead atoms. The SMILES string of the molecule is COc1ccc(OC)c(/C=N/NC(=O)C2CC2)c1. The molecule has 0 heterocycles. The van der Waals surface area contributed by atoms with E-state index in [0.29, 0.717) is 11.5 Å². The van der Waals surface area contributed by atoms with Gasteiger partial charge in [-0.15, -0.1) is 0 Å². The number of hydrogen-bond donors (Lipinski definition) is 1. The minimum Gasteiger partial charge on any atom is -0.497 e. The van der Waals surface area contributed by atoms with Gasteiger partial charge in [-0.1, -0.05) is 0 Å². The van der Waals surface area contributed by atoms with Gasteiger partial charge in [-0.2, -0.15) is 5.10 Å². The van der Waals surface area contributed by atoms with E-state index >= 15 is 0 Å². The zero-order valence-electron chi connectivity index (χ0n) is 10.5. The van der Waals surface area contributed by atoms with Crippen LogP contribution in [0.1, 0.15) is 18.4 Å². The van der Waals surface area contributed by atoms with Crippen molar-refractivity contribution in [2.75, 3.05) is 14.2 Å². The predicted molar refractivity (Wildman–Crippen MR) is 68.0 cm³/mol. The molecule has 5 heteroatoms. The third kappa shape index (κ3) is 3.00. The van der Waals surface area contributed by atoms with Gasteiger partial charge in [0.15, 0.2) is 0 Å². The van der Waals surface area contributed by atoms with Crippen molar-refractivity contribution in [3.8, 4) is 11.5 Å². The van der Waals surface area contributed by atoms with Crippen molar-refractivity contribution in [2.24, 2.45) is 11.0 Å². The fourth-order valence-corrected chi connectivity index (χ4v) is 1.54. The first-order valence-electron chi connectivity index (χ1n) is 5.79. The number of carbonyl (C=O) groups excluding carboxylic acids is 1. The van der Waals surface area contributed by atoms with Gasteiger partial charge in [0.05, 0.1) is 20.4 Å². The number of hydrazone groups is 1. The largest absolute Gasteiger partial charge is 0.497 e. The van der Waals surface area contributed by atoms with Crippen molar-refractivity contribution >= 4 is 12.1 Å². The predicted octanol–water partition coefficient (Wildman–Crippen LogP) is 1.56. The molecule has 0 radical (unpaired) electrons. The van der Waals surface area contributed by atoms with Crippen LogP contribution in [0, 0.1) is 5.92 Å². The molecule has 0 aliphatic heterocycles. The molecular formula is C13H16N2O3. The van der Waals surface area contributed by atoms with Crippen LogP contribution in [0.3, 0.4) is 0 Å². The van der Waals surface area contributed by atoms with Gasteiger partial charge < -0.3 is 9.47 Å². The van der Waals surface area contributed by atoms with Crippen molar-refractivity contribution in [1.82, 2.24) is 5.43 Å². The number of ether oxygens (including phenoxy) is 2. The maximum atomic E-state index is 11.4. The summed E-state index contributed by atoms with van der Waals surface area (Å²) in [7, 11) is 3.18. The van der Waals surface area contributed by atoms with Gasteiger partial charge in [0.2, 0.25) is 5.91 Å². The molecule has 0 aromatic heterocycles. The summed E-state index contributed by atoms with van der Waals surface area (Å²) in [5.41, 5.74) is 3.27. The van der Waals surface area contributed by atoms with Crippen molar-refractivity contribution < 1.29 is 14.3 Å². The standard InChI is InChI=1S/C13H16N2O3/c1-17-11-5-6-12(18-2)10(7-11)8-14-15-13(16)9-3-4-9/h5-9H,3-4H2,1-2H3,(H,15,16)/b14-8+. The second kappa shape index (κ2) is 5.53. The van der Waals surface area contributed by atoms with Crippen molar-refractivity contribution in [1.29, 1.82) is 0 Å². The molecule has 96 valence electrons. The summed E-state index contributed by atoms with van der Waals surface area (Å²) < 4.78 is 10.3. The summed E-state index contributed by atoms with van der Waals surface area (Å²) in [5, 5.41) is 3.93. The molecule has 0 saturated heterocycles. The van der Waals surface area contributed by atoms with Gasteiger partial charge in [-0.25, -0.2) is 5.43 Å². The van der Waals surface area contributed by atoms with Crippen molar-refractivity contribution in [2.45, 2.75) is 12.8 Å². The lowest BCUT2D eigenvalue weighted by Gasteiger charge is -2.06. The van der Waals surface area contributed by atoms with Gasteiger partial charge in [-0.3, -0.25) is 4.79 Å². The highest BCUT2D eigenvalue weighted by atomic mass is 16.5. The highest BCUT2D eigenvalue weighted by Gasteiger charge is 2.29. The van der Waals surface area contributed by atoms with E-state index in [1.807, 2.05) is 0 Å². The Morgan fingerprint density at radius 3 is 2.78 bits per heavy atom. The van der Waals surface area contributed by atoms with Crippen LogP contribution >= 0.6 is 0 Å². The number of amides is 1. The molecular weight excluding hydrogens is 232 g/mol. The average Bonchev–Trinajstić information content (AvgIpc) is 3.22. The van der Waals surface area contributed by atoms with Gasteiger partial charge in [-0.05, 0) is 31.0 Å². The van der Waals surface area contributed by atoms with Crippen LogP contribution < -0.4 is 14.9 Å². The summed E-state index contributed by atoms with van der Waals surface area (Å²) in [6.07, 6.45) is 3.48. The number of nitrogens with zero attached hydrogens (tertiary/aromatic N) is 1. The molecule has 1 aromatic carbocycles. The normalized spacial score (nSPS) is 14.6. The fourth-order valence-electron chi connectivity index (χ4n) is 1.54. The van der Waals surface area contributed by atoms with Crippen LogP contribution in [0.15, 0.2) is 23.3 Å². The summed E-state index contributed by atoms with van der Waals surface area (Å²) in [5.74, 6) is 1.52. The smallest absolute Gasteiger partial charge is 0.243 e. The Morgan fingerprint density at radius 1 is 1.39 bits per heavy atom. The van der Waals surface area contributed by atoms with Gasteiger partial charge in [0, 0.05) is 11.5 Å². The third-order valence-corrected chi connectivity index (χ3v) is 2.76. The number of nitrogens with one attached hydrogen (secondary N) is 1. The second-order valence-corrected chi connectivity index (χ2v) is 4.12. The summed E-state index contributed by atoms with van der Waals surface area (Å²) in [6.45, 7) is 0. The van der Waals surface area contributed by atoms with Crippen LogP contribution in [0.2, 0.25) is 0 Å². The van der Waals surface area contributed by atoms with Gasteiger partial charge >= 0.3 is 0 Å². The first kappa shape index (κ1) is 12.4. The molecule has 1 fully saturated rings. The first-order chi connectivity index (χ1) is 8.74. The van der Waals surface area contributed by atoms with E-state index in [4.69, 9.17) is 9.47 Å². The fraction of sp³-hybridized carbons (Fsp3) is 0.385. The Bertz CT molecular complexity index is 467. The van der Waals surface area contributed by atoms with E-state index in [1.165, 1.54) is 0 Å². The van der Waals surface area contributed by atoms with Gasteiger partial charge in [0.25, 0.3) is 0 Å². The molecule has 18 heavy (non-hydrogen) atoms. The maximum Gasteiger partial charge on any atom is 0.243 e. The van der Waals surface area contributed by atoms with E-state index < -0.39 is 0 Å². The Hall–Kier alpha value is -2.04. The number of carbonyl (C=O) groups is 1. The topological polar surface area (TPSA) is 59.9 Å². The maximum absolute atomic E-state index is 11.4. The number of benzene rings is 1. The average molecular weight is 248 g/mol. The van der Waals surface area contributed by atoms with E-state index in [9.17, 15) is 4.79 Å². The lowest BCUT2D eigenvalue weighted by Crippen LogP contribution is -2.19. The summed E-state index contributed by atoms with van der Waals surface area (Å²) >= 11 is 0. The van der Waals surface area contributed by atoms with Gasteiger partial charge in [0.1, 0.15) is 11.5 Å². The summed E-state index contributed by atoms with van der Waals surface area (Å²) in [4.78, 5) is 11.4. The molecule has 2 rings (SSSR count). The first-order valence-corrected chi connectivity index (χ1v) is 5.79. The third-order valence-electron chi connectivity index (χ3n) is 2.76. The zero-order valence-corrected chi connectivity index (χ0v) is 10.5. The van der Waals surface area contributed by atoms with Crippen LogP contribution in [0.4, 0.5) is 0 Å². The Kier molecular flexibility index (Phi) is 3.82. The minimum absolute atomic E-state index is 0.0203. The van der Waals surface area contributed by atoms with E-state index in [-0.39, 0.29) is 11.8 Å². The molecule has 1 saturated carbocycles. The Balaban J connectivity index is 2.05. The monoisotopic (exact) mass is 248 g/mol. The van der Waals surface area contributed by atoms with Crippen molar-refractivity contribution in [3.05, 3.63) is 23.8 Å². The number of methoxy groups -OCH3 is 2. The molecule has 5 nitrogen and oxygen atoms in total. The zero-order chi connectivity index (χ0) is 13.0. The molecule has 1 aliphatic carbocycles. The number of hydrogen-bond acceptors (Lipinski definition) is 4.